The standard InChI is InChI=1S/C19H17F5N4O2/c20-13-8-14(21)15(7-11(13)16(25)29)27-18(30)10-3-2-6-28(9-10)17-12(19(22,23)24)4-1-5-26-17/h1,4-5,7-8,10H,2-3,6,9H2,(H2,25,29)(H,27,30). The van der Waals surface area contributed by atoms with Gasteiger partial charge in [0.1, 0.15) is 17.5 Å². The number of carbonyl (C=O) groups is 2. The van der Waals surface area contributed by atoms with Crippen molar-refractivity contribution in [2.75, 3.05) is 23.3 Å². The van der Waals surface area contributed by atoms with E-state index in [2.05, 4.69) is 10.3 Å². The van der Waals surface area contributed by atoms with E-state index >= 15 is 0 Å². The first-order valence-corrected chi connectivity index (χ1v) is 8.94. The van der Waals surface area contributed by atoms with Gasteiger partial charge in [0.25, 0.3) is 5.91 Å². The molecule has 0 saturated carbocycles. The maximum absolute atomic E-state index is 14.0. The van der Waals surface area contributed by atoms with Crippen LogP contribution in [0.2, 0.25) is 0 Å². The Hall–Kier alpha value is -3.24. The molecule has 1 aliphatic rings. The lowest BCUT2D eigenvalue weighted by Gasteiger charge is -2.34. The number of aromatic nitrogens is 1. The molecule has 2 heterocycles. The van der Waals surface area contributed by atoms with E-state index in [-0.39, 0.29) is 18.9 Å². The highest BCUT2D eigenvalue weighted by Gasteiger charge is 2.37. The lowest BCUT2D eigenvalue weighted by atomic mass is 9.96. The largest absolute Gasteiger partial charge is 0.419 e. The first-order valence-electron chi connectivity index (χ1n) is 8.94. The first kappa shape index (κ1) is 21.5. The Kier molecular flexibility index (Phi) is 5.90. The minimum Gasteiger partial charge on any atom is -0.366 e. The smallest absolute Gasteiger partial charge is 0.366 e. The number of alkyl halides is 3. The van der Waals surface area contributed by atoms with Crippen LogP contribution in [0.4, 0.5) is 33.5 Å². The second kappa shape index (κ2) is 8.25. The number of carbonyl (C=O) groups excluding carboxylic acids is 2. The number of nitrogens with zero attached hydrogens (tertiary/aromatic N) is 2. The summed E-state index contributed by atoms with van der Waals surface area (Å²) in [6.45, 7) is 0.192. The molecule has 6 nitrogen and oxygen atoms in total. The third kappa shape index (κ3) is 4.50. The number of rotatable bonds is 4. The van der Waals surface area contributed by atoms with Crippen molar-refractivity contribution < 1.29 is 31.5 Å². The van der Waals surface area contributed by atoms with E-state index in [0.29, 0.717) is 18.9 Å². The van der Waals surface area contributed by atoms with Crippen LogP contribution in [0, 0.1) is 17.6 Å². The summed E-state index contributed by atoms with van der Waals surface area (Å²) in [7, 11) is 0. The number of nitrogens with one attached hydrogen (secondary N) is 1. The SMILES string of the molecule is NC(=O)c1cc(NC(=O)C2CCCN(c3ncccc3C(F)(F)F)C2)c(F)cc1F. The average Bonchev–Trinajstić information content (AvgIpc) is 2.69. The summed E-state index contributed by atoms with van der Waals surface area (Å²) >= 11 is 0. The molecular weight excluding hydrogens is 411 g/mol. The van der Waals surface area contributed by atoms with Gasteiger partial charge in [0.05, 0.1) is 22.7 Å². The van der Waals surface area contributed by atoms with Gasteiger partial charge in [0.15, 0.2) is 0 Å². The molecule has 2 aromatic rings. The Balaban J connectivity index is 1.80. The summed E-state index contributed by atoms with van der Waals surface area (Å²) in [6, 6.07) is 3.29. The predicted octanol–water partition coefficient (Wildman–Crippen LogP) is 3.33. The van der Waals surface area contributed by atoms with E-state index in [4.69, 9.17) is 5.73 Å². The Morgan fingerprint density at radius 3 is 2.60 bits per heavy atom. The van der Waals surface area contributed by atoms with Gasteiger partial charge < -0.3 is 16.0 Å². The van der Waals surface area contributed by atoms with Crippen LogP contribution in [-0.2, 0) is 11.0 Å². The molecule has 1 aromatic carbocycles. The van der Waals surface area contributed by atoms with Crippen molar-refractivity contribution in [1.82, 2.24) is 4.98 Å². The van der Waals surface area contributed by atoms with Gasteiger partial charge in [-0.3, -0.25) is 9.59 Å². The number of primary amides is 1. The minimum absolute atomic E-state index is 0.0720. The Morgan fingerprint density at radius 1 is 1.20 bits per heavy atom. The molecule has 1 aliphatic heterocycles. The fraction of sp³-hybridized carbons (Fsp3) is 0.316. The third-order valence-electron chi connectivity index (χ3n) is 4.76. The topological polar surface area (TPSA) is 88.3 Å². The molecule has 0 spiro atoms. The predicted molar refractivity (Wildman–Crippen MR) is 97.7 cm³/mol. The van der Waals surface area contributed by atoms with E-state index in [9.17, 15) is 31.5 Å². The summed E-state index contributed by atoms with van der Waals surface area (Å²) in [5, 5.41) is 2.26. The van der Waals surface area contributed by atoms with Gasteiger partial charge >= 0.3 is 6.18 Å². The van der Waals surface area contributed by atoms with Crippen LogP contribution >= 0.6 is 0 Å². The van der Waals surface area contributed by atoms with Crippen molar-refractivity contribution >= 4 is 23.3 Å². The van der Waals surface area contributed by atoms with E-state index in [1.54, 1.807) is 0 Å². The summed E-state index contributed by atoms with van der Waals surface area (Å²) in [6.07, 6.45) is -2.62. The Labute approximate surface area is 167 Å². The van der Waals surface area contributed by atoms with Gasteiger partial charge in [-0.05, 0) is 31.0 Å². The molecule has 1 saturated heterocycles. The Bertz CT molecular complexity index is 980. The molecular formula is C19H17F5N4O2. The lowest BCUT2D eigenvalue weighted by molar-refractivity contribution is -0.137. The molecule has 1 fully saturated rings. The van der Waals surface area contributed by atoms with Crippen molar-refractivity contribution in [3.8, 4) is 0 Å². The normalized spacial score (nSPS) is 17.0. The number of pyridine rings is 1. The summed E-state index contributed by atoms with van der Waals surface area (Å²) in [5.41, 5.74) is 3.06. The van der Waals surface area contributed by atoms with E-state index < -0.39 is 52.4 Å². The van der Waals surface area contributed by atoms with Crippen molar-refractivity contribution in [2.24, 2.45) is 11.7 Å². The number of benzene rings is 1. The molecule has 160 valence electrons. The highest BCUT2D eigenvalue weighted by atomic mass is 19.4. The third-order valence-corrected chi connectivity index (χ3v) is 4.76. The zero-order valence-corrected chi connectivity index (χ0v) is 15.5. The van der Waals surface area contributed by atoms with Crippen LogP contribution in [-0.4, -0.2) is 29.9 Å². The van der Waals surface area contributed by atoms with Gasteiger partial charge in [0, 0.05) is 25.4 Å². The highest BCUT2D eigenvalue weighted by Crippen LogP contribution is 2.36. The van der Waals surface area contributed by atoms with E-state index in [1.165, 1.54) is 17.2 Å². The molecule has 1 atom stereocenters. The van der Waals surface area contributed by atoms with Crippen LogP contribution in [0.15, 0.2) is 30.5 Å². The van der Waals surface area contributed by atoms with Crippen molar-refractivity contribution in [1.29, 1.82) is 0 Å². The molecule has 1 aromatic heterocycles. The van der Waals surface area contributed by atoms with Crippen molar-refractivity contribution in [3.05, 3.63) is 53.2 Å². The van der Waals surface area contributed by atoms with E-state index in [1.807, 2.05) is 0 Å². The van der Waals surface area contributed by atoms with Crippen molar-refractivity contribution in [3.63, 3.8) is 0 Å². The average molecular weight is 428 g/mol. The molecule has 0 radical (unpaired) electrons. The van der Waals surface area contributed by atoms with Crippen LogP contribution in [0.1, 0.15) is 28.8 Å². The van der Waals surface area contributed by atoms with E-state index in [0.717, 1.165) is 12.1 Å². The number of hydrogen-bond acceptors (Lipinski definition) is 4. The number of hydrogen-bond donors (Lipinski definition) is 2. The number of nitrogens with two attached hydrogens (primary N) is 1. The highest BCUT2D eigenvalue weighted by molar-refractivity contribution is 5.97. The van der Waals surface area contributed by atoms with Gasteiger partial charge in [-0.25, -0.2) is 13.8 Å². The second-order valence-electron chi connectivity index (χ2n) is 6.82. The summed E-state index contributed by atoms with van der Waals surface area (Å²) < 4.78 is 67.4. The zero-order chi connectivity index (χ0) is 22.1. The van der Waals surface area contributed by atoms with Gasteiger partial charge in [-0.1, -0.05) is 0 Å². The molecule has 0 aliphatic carbocycles. The van der Waals surface area contributed by atoms with Crippen LogP contribution in [0.25, 0.3) is 0 Å². The minimum atomic E-state index is -4.61. The number of amides is 2. The zero-order valence-electron chi connectivity index (χ0n) is 15.5. The van der Waals surface area contributed by atoms with Crippen molar-refractivity contribution in [2.45, 2.75) is 19.0 Å². The van der Waals surface area contributed by atoms with Crippen LogP contribution in [0.5, 0.6) is 0 Å². The van der Waals surface area contributed by atoms with Crippen LogP contribution in [0.3, 0.4) is 0 Å². The first-order chi connectivity index (χ1) is 14.1. The maximum Gasteiger partial charge on any atom is 0.419 e. The molecule has 11 heteroatoms. The molecule has 1 unspecified atom stereocenters. The number of anilines is 2. The Morgan fingerprint density at radius 2 is 1.93 bits per heavy atom. The summed E-state index contributed by atoms with van der Waals surface area (Å²) in [5.74, 6) is -5.15. The molecule has 0 bridgehead atoms. The number of piperidine rings is 1. The molecule has 3 N–H and O–H groups in total. The van der Waals surface area contributed by atoms with Crippen LogP contribution < -0.4 is 16.0 Å². The second-order valence-corrected chi connectivity index (χ2v) is 6.82. The monoisotopic (exact) mass is 428 g/mol. The summed E-state index contributed by atoms with van der Waals surface area (Å²) in [4.78, 5) is 29.0. The van der Waals surface area contributed by atoms with Gasteiger partial charge in [0.2, 0.25) is 5.91 Å². The van der Waals surface area contributed by atoms with Gasteiger partial charge in [-0.2, -0.15) is 13.2 Å². The maximum atomic E-state index is 14.0. The number of halogens is 5. The van der Waals surface area contributed by atoms with Gasteiger partial charge in [-0.15, -0.1) is 0 Å². The quantitative estimate of drug-likeness (QED) is 0.732. The molecule has 2 amide bonds. The molecule has 30 heavy (non-hydrogen) atoms. The molecule has 3 rings (SSSR count). The fourth-order valence-electron chi connectivity index (χ4n) is 3.32. The lowest BCUT2D eigenvalue weighted by Crippen LogP contribution is -2.42. The fourth-order valence-corrected chi connectivity index (χ4v) is 3.32.